The first-order valence-electron chi connectivity index (χ1n) is 10.9. The molecule has 0 spiro atoms. The number of piperazine rings is 1. The molecule has 5 nitrogen and oxygen atoms in total. The first kappa shape index (κ1) is 18.2. The van der Waals surface area contributed by atoms with E-state index in [2.05, 4.69) is 17.3 Å². The van der Waals surface area contributed by atoms with Crippen LogP contribution in [0, 0.1) is 23.2 Å². The van der Waals surface area contributed by atoms with Gasteiger partial charge in [0.1, 0.15) is 0 Å². The number of likely N-dealkylation sites (N-methyl/N-ethyl adjacent to an activating group) is 1. The van der Waals surface area contributed by atoms with Gasteiger partial charge < -0.3 is 15.1 Å². The Kier molecular flexibility index (Phi) is 4.46. The zero-order chi connectivity index (χ0) is 19.3. The van der Waals surface area contributed by atoms with Gasteiger partial charge in [-0.25, -0.2) is 0 Å². The first-order chi connectivity index (χ1) is 13.5. The van der Waals surface area contributed by atoms with Gasteiger partial charge in [0, 0.05) is 26.2 Å². The zero-order valence-corrected chi connectivity index (χ0v) is 16.8. The number of nitrogens with one attached hydrogen (secondary N) is 1. The van der Waals surface area contributed by atoms with Crippen LogP contribution < -0.4 is 5.32 Å². The Morgan fingerprint density at radius 2 is 1.50 bits per heavy atom. The molecule has 4 aliphatic carbocycles. The third-order valence-corrected chi connectivity index (χ3v) is 7.72. The molecule has 6 rings (SSSR count). The first-order valence-corrected chi connectivity index (χ1v) is 10.9. The predicted octanol–water partition coefficient (Wildman–Crippen LogP) is 3.23. The minimum absolute atomic E-state index is 0.0366. The lowest BCUT2D eigenvalue weighted by Gasteiger charge is -2.55. The highest BCUT2D eigenvalue weighted by atomic mass is 16.2. The van der Waals surface area contributed by atoms with Crippen LogP contribution in [-0.2, 0) is 4.79 Å². The number of para-hydroxylation sites is 1. The molecule has 5 fully saturated rings. The van der Waals surface area contributed by atoms with E-state index in [1.165, 1.54) is 19.3 Å². The van der Waals surface area contributed by atoms with Crippen molar-refractivity contribution in [3.05, 3.63) is 29.8 Å². The summed E-state index contributed by atoms with van der Waals surface area (Å²) >= 11 is 0. The number of hydrogen-bond donors (Lipinski definition) is 1. The van der Waals surface area contributed by atoms with Gasteiger partial charge in [0.05, 0.1) is 16.7 Å². The lowest BCUT2D eigenvalue weighted by molar-refractivity contribution is -0.140. The molecule has 150 valence electrons. The quantitative estimate of drug-likeness (QED) is 0.875. The molecule has 4 saturated carbocycles. The van der Waals surface area contributed by atoms with Gasteiger partial charge in [-0.15, -0.1) is 0 Å². The van der Waals surface area contributed by atoms with Crippen LogP contribution >= 0.6 is 0 Å². The number of nitrogens with zero attached hydrogens (tertiary/aromatic N) is 2. The molecule has 1 N–H and O–H groups in total. The summed E-state index contributed by atoms with van der Waals surface area (Å²) in [6.45, 7) is 3.28. The van der Waals surface area contributed by atoms with Crippen molar-refractivity contribution in [1.29, 1.82) is 0 Å². The second kappa shape index (κ2) is 6.87. The highest BCUT2D eigenvalue weighted by molar-refractivity contribution is 6.05. The van der Waals surface area contributed by atoms with E-state index in [1.807, 2.05) is 29.2 Å². The van der Waals surface area contributed by atoms with E-state index >= 15 is 0 Å². The van der Waals surface area contributed by atoms with E-state index in [0.717, 1.165) is 63.2 Å². The monoisotopic (exact) mass is 381 g/mol. The highest BCUT2D eigenvalue weighted by Gasteiger charge is 2.54. The van der Waals surface area contributed by atoms with Crippen LogP contribution in [0.2, 0.25) is 0 Å². The van der Waals surface area contributed by atoms with E-state index in [0.29, 0.717) is 11.3 Å². The second-order valence-electron chi connectivity index (χ2n) is 9.79. The molecule has 4 bridgehead atoms. The van der Waals surface area contributed by atoms with Crippen LogP contribution in [0.15, 0.2) is 24.3 Å². The Balaban J connectivity index is 1.35. The van der Waals surface area contributed by atoms with Crippen molar-refractivity contribution in [2.75, 3.05) is 38.5 Å². The van der Waals surface area contributed by atoms with Crippen LogP contribution in [-0.4, -0.2) is 54.8 Å². The molecule has 1 heterocycles. The fraction of sp³-hybridized carbons (Fsp3) is 0.652. The van der Waals surface area contributed by atoms with E-state index in [9.17, 15) is 9.59 Å². The van der Waals surface area contributed by atoms with Crippen LogP contribution in [0.1, 0.15) is 48.9 Å². The molecule has 5 heteroatoms. The molecule has 1 aromatic rings. The van der Waals surface area contributed by atoms with Crippen molar-refractivity contribution in [2.24, 2.45) is 23.2 Å². The average Bonchev–Trinajstić information content (AvgIpc) is 2.67. The van der Waals surface area contributed by atoms with Gasteiger partial charge in [0.2, 0.25) is 5.91 Å². The summed E-state index contributed by atoms with van der Waals surface area (Å²) in [6, 6.07) is 7.55. The Morgan fingerprint density at radius 1 is 0.929 bits per heavy atom. The Labute approximate surface area is 167 Å². The summed E-state index contributed by atoms with van der Waals surface area (Å²) in [5.41, 5.74) is 1.12. The molecular weight excluding hydrogens is 350 g/mol. The molecule has 5 aliphatic rings. The maximum absolute atomic E-state index is 13.4. The van der Waals surface area contributed by atoms with Gasteiger partial charge in [-0.2, -0.15) is 0 Å². The topological polar surface area (TPSA) is 52.6 Å². The Bertz CT molecular complexity index is 747. The zero-order valence-electron chi connectivity index (χ0n) is 16.8. The van der Waals surface area contributed by atoms with Gasteiger partial charge in [0.15, 0.2) is 0 Å². The molecule has 0 unspecified atom stereocenters. The maximum atomic E-state index is 13.4. The van der Waals surface area contributed by atoms with Crippen molar-refractivity contribution in [1.82, 2.24) is 9.80 Å². The van der Waals surface area contributed by atoms with Gasteiger partial charge in [-0.1, -0.05) is 12.1 Å². The van der Waals surface area contributed by atoms with E-state index in [4.69, 9.17) is 0 Å². The number of hydrogen-bond acceptors (Lipinski definition) is 3. The third-order valence-electron chi connectivity index (χ3n) is 7.72. The number of anilines is 1. The van der Waals surface area contributed by atoms with Crippen molar-refractivity contribution in [2.45, 2.75) is 38.5 Å². The third kappa shape index (κ3) is 3.14. The van der Waals surface area contributed by atoms with Gasteiger partial charge >= 0.3 is 0 Å². The number of amides is 2. The molecule has 2 amide bonds. The van der Waals surface area contributed by atoms with Crippen LogP contribution in [0.25, 0.3) is 0 Å². The average molecular weight is 382 g/mol. The standard InChI is InChI=1S/C23H31N3O2/c1-25-6-8-26(9-7-25)21(27)19-4-2-3-5-20(19)24-22(28)23-13-16-10-17(14-23)12-18(11-16)15-23/h2-5,16-18H,6-15H2,1H3,(H,24,28). The highest BCUT2D eigenvalue weighted by Crippen LogP contribution is 2.60. The summed E-state index contributed by atoms with van der Waals surface area (Å²) in [7, 11) is 2.08. The fourth-order valence-electron chi connectivity index (χ4n) is 6.60. The van der Waals surface area contributed by atoms with E-state index in [-0.39, 0.29) is 17.2 Å². The lowest BCUT2D eigenvalue weighted by Crippen LogP contribution is -2.52. The van der Waals surface area contributed by atoms with Crippen LogP contribution in [0.3, 0.4) is 0 Å². The number of rotatable bonds is 3. The van der Waals surface area contributed by atoms with Gasteiger partial charge in [0.25, 0.3) is 5.91 Å². The minimum atomic E-state index is -0.196. The number of carbonyl (C=O) groups is 2. The second-order valence-corrected chi connectivity index (χ2v) is 9.79. The molecule has 0 aromatic heterocycles. The summed E-state index contributed by atoms with van der Waals surface area (Å²) in [4.78, 5) is 30.7. The molecule has 1 saturated heterocycles. The minimum Gasteiger partial charge on any atom is -0.336 e. The van der Waals surface area contributed by atoms with Crippen LogP contribution in [0.5, 0.6) is 0 Å². The smallest absolute Gasteiger partial charge is 0.256 e. The summed E-state index contributed by atoms with van der Waals surface area (Å²) in [5, 5.41) is 3.20. The molecular formula is C23H31N3O2. The van der Waals surface area contributed by atoms with E-state index < -0.39 is 0 Å². The molecule has 28 heavy (non-hydrogen) atoms. The molecule has 1 aromatic carbocycles. The SMILES string of the molecule is CN1CCN(C(=O)c2ccccc2NC(=O)C23CC4CC(CC(C4)C2)C3)CC1. The van der Waals surface area contributed by atoms with Gasteiger partial charge in [-0.05, 0) is 75.5 Å². The fourth-order valence-corrected chi connectivity index (χ4v) is 6.60. The molecule has 1 aliphatic heterocycles. The number of benzene rings is 1. The lowest BCUT2D eigenvalue weighted by atomic mass is 9.49. The van der Waals surface area contributed by atoms with Crippen LogP contribution in [0.4, 0.5) is 5.69 Å². The maximum Gasteiger partial charge on any atom is 0.256 e. The molecule has 0 atom stereocenters. The van der Waals surface area contributed by atoms with Crippen molar-refractivity contribution < 1.29 is 9.59 Å². The predicted molar refractivity (Wildman–Crippen MR) is 109 cm³/mol. The van der Waals surface area contributed by atoms with Crippen molar-refractivity contribution in [3.8, 4) is 0 Å². The summed E-state index contributed by atoms with van der Waals surface area (Å²) in [6.07, 6.45) is 7.10. The largest absolute Gasteiger partial charge is 0.336 e. The van der Waals surface area contributed by atoms with Gasteiger partial charge in [-0.3, -0.25) is 9.59 Å². The van der Waals surface area contributed by atoms with E-state index in [1.54, 1.807) is 0 Å². The molecule has 0 radical (unpaired) electrons. The normalized spacial score (nSPS) is 34.5. The van der Waals surface area contributed by atoms with Crippen molar-refractivity contribution >= 4 is 17.5 Å². The summed E-state index contributed by atoms with van der Waals surface area (Å²) in [5.74, 6) is 2.40. The summed E-state index contributed by atoms with van der Waals surface area (Å²) < 4.78 is 0. The Hall–Kier alpha value is -1.88. The Morgan fingerprint density at radius 3 is 2.11 bits per heavy atom. The van der Waals surface area contributed by atoms with Crippen molar-refractivity contribution in [3.63, 3.8) is 0 Å². The number of carbonyl (C=O) groups excluding carboxylic acids is 2.